The zero-order valence-corrected chi connectivity index (χ0v) is 19.8. The van der Waals surface area contributed by atoms with Gasteiger partial charge in [0.25, 0.3) is 0 Å². The van der Waals surface area contributed by atoms with Crippen LogP contribution in [-0.4, -0.2) is 32.7 Å². The van der Waals surface area contributed by atoms with Crippen LogP contribution in [0.5, 0.6) is 0 Å². The number of nitrogens with zero attached hydrogens (tertiary/aromatic N) is 2. The van der Waals surface area contributed by atoms with Crippen LogP contribution in [0.4, 0.5) is 5.69 Å². The van der Waals surface area contributed by atoms with Crippen LogP contribution in [0.15, 0.2) is 34.6 Å². The lowest BCUT2D eigenvalue weighted by atomic mass is 10.2. The minimum absolute atomic E-state index is 0. The Morgan fingerprint density at radius 3 is 2.48 bits per heavy atom. The number of guanidine groups is 1. The van der Waals surface area contributed by atoms with E-state index in [9.17, 15) is 8.42 Å². The lowest BCUT2D eigenvalue weighted by Crippen LogP contribution is -2.36. The average Bonchev–Trinajstić information content (AvgIpc) is 3.04. The molecule has 0 aliphatic carbocycles. The number of nitrogens with one attached hydrogen (secondary N) is 3. The predicted octanol–water partition coefficient (Wildman–Crippen LogP) is 3.12. The summed E-state index contributed by atoms with van der Waals surface area (Å²) in [6.07, 6.45) is 1.14. The van der Waals surface area contributed by atoms with Gasteiger partial charge in [-0.3, -0.25) is 9.71 Å². The lowest BCUT2D eigenvalue weighted by molar-refractivity contribution is 0.606. The van der Waals surface area contributed by atoms with E-state index in [0.717, 1.165) is 22.5 Å². The number of para-hydroxylation sites is 1. The van der Waals surface area contributed by atoms with Gasteiger partial charge in [0.05, 0.1) is 24.2 Å². The molecule has 0 radical (unpaired) electrons. The van der Waals surface area contributed by atoms with Crippen LogP contribution < -0.4 is 15.4 Å². The van der Waals surface area contributed by atoms with Crippen molar-refractivity contribution in [3.63, 3.8) is 0 Å². The number of thiazole rings is 1. The summed E-state index contributed by atoms with van der Waals surface area (Å²) in [6, 6.07) is 7.25. The highest BCUT2D eigenvalue weighted by Crippen LogP contribution is 2.18. The van der Waals surface area contributed by atoms with Crippen LogP contribution in [0.3, 0.4) is 0 Å². The van der Waals surface area contributed by atoms with E-state index >= 15 is 0 Å². The molecule has 1 aromatic heterocycles. The zero-order valence-electron chi connectivity index (χ0n) is 15.8. The summed E-state index contributed by atoms with van der Waals surface area (Å²) in [5.74, 6) is 1.04. The molecule has 27 heavy (non-hydrogen) atoms. The van der Waals surface area contributed by atoms with E-state index in [1.807, 2.05) is 12.1 Å². The van der Waals surface area contributed by atoms with Gasteiger partial charge in [-0.25, -0.2) is 13.4 Å². The summed E-state index contributed by atoms with van der Waals surface area (Å²) in [5.41, 5.74) is 2.48. The summed E-state index contributed by atoms with van der Waals surface area (Å²) in [4.78, 5) is 8.78. The molecule has 0 atom stereocenters. The van der Waals surface area contributed by atoms with Crippen LogP contribution in [0, 0.1) is 0 Å². The van der Waals surface area contributed by atoms with E-state index in [1.165, 1.54) is 0 Å². The second-order valence-corrected chi connectivity index (χ2v) is 8.82. The summed E-state index contributed by atoms with van der Waals surface area (Å²) < 4.78 is 25.5. The second-order valence-electron chi connectivity index (χ2n) is 6.13. The third-order valence-electron chi connectivity index (χ3n) is 3.55. The first-order valence-corrected chi connectivity index (χ1v) is 11.0. The highest BCUT2D eigenvalue weighted by molar-refractivity contribution is 14.0. The lowest BCUT2D eigenvalue weighted by Gasteiger charge is -2.14. The smallest absolute Gasteiger partial charge is 0.229 e. The summed E-state index contributed by atoms with van der Waals surface area (Å²) in [7, 11) is -1.63. The van der Waals surface area contributed by atoms with E-state index in [1.54, 1.807) is 30.5 Å². The first-order valence-electron chi connectivity index (χ1n) is 8.23. The van der Waals surface area contributed by atoms with Crippen LogP contribution >= 0.6 is 35.3 Å². The van der Waals surface area contributed by atoms with Gasteiger partial charge in [0.15, 0.2) is 5.96 Å². The fraction of sp³-hybridized carbons (Fsp3) is 0.412. The average molecular weight is 523 g/mol. The van der Waals surface area contributed by atoms with Crippen molar-refractivity contribution in [3.8, 4) is 0 Å². The normalized spacial score (nSPS) is 11.8. The Kier molecular flexibility index (Phi) is 9.47. The van der Waals surface area contributed by atoms with Gasteiger partial charge in [-0.05, 0) is 17.5 Å². The molecular formula is C17H26IN5O2S2. The predicted molar refractivity (Wildman–Crippen MR) is 124 cm³/mol. The summed E-state index contributed by atoms with van der Waals surface area (Å²) in [6.45, 7) is 5.26. The van der Waals surface area contributed by atoms with Crippen molar-refractivity contribution < 1.29 is 8.42 Å². The van der Waals surface area contributed by atoms with Gasteiger partial charge >= 0.3 is 0 Å². The molecule has 0 saturated carbocycles. The van der Waals surface area contributed by atoms with Gasteiger partial charge in [0.2, 0.25) is 10.0 Å². The molecular weight excluding hydrogens is 497 g/mol. The highest BCUT2D eigenvalue weighted by Gasteiger charge is 2.09. The Hall–Kier alpha value is -1.40. The van der Waals surface area contributed by atoms with Crippen LogP contribution in [0.1, 0.15) is 36.0 Å². The Morgan fingerprint density at radius 1 is 1.22 bits per heavy atom. The molecule has 0 aliphatic rings. The molecule has 0 bridgehead atoms. The van der Waals surface area contributed by atoms with Gasteiger partial charge in [-0.15, -0.1) is 35.3 Å². The van der Waals surface area contributed by atoms with E-state index in [4.69, 9.17) is 0 Å². The molecule has 7 nitrogen and oxygen atoms in total. The van der Waals surface area contributed by atoms with Crippen LogP contribution in [0.25, 0.3) is 0 Å². The minimum atomic E-state index is -3.33. The molecule has 150 valence electrons. The SMILES string of the molecule is CN=C(NCc1nc(C(C)C)cs1)NCc1ccccc1NS(C)(=O)=O.I. The molecule has 1 aromatic carbocycles. The number of aliphatic imine (C=N–C) groups is 1. The Morgan fingerprint density at radius 2 is 1.89 bits per heavy atom. The summed E-state index contributed by atoms with van der Waals surface area (Å²) >= 11 is 1.62. The number of halogens is 1. The van der Waals surface area contributed by atoms with E-state index in [0.29, 0.717) is 30.7 Å². The number of benzene rings is 1. The first kappa shape index (κ1) is 23.6. The molecule has 0 fully saturated rings. The fourth-order valence-electron chi connectivity index (χ4n) is 2.20. The maximum Gasteiger partial charge on any atom is 0.229 e. The Bertz CT molecular complexity index is 866. The maximum absolute atomic E-state index is 11.5. The number of hydrogen-bond acceptors (Lipinski definition) is 5. The number of hydrogen-bond donors (Lipinski definition) is 3. The molecule has 0 aliphatic heterocycles. The number of anilines is 1. The standard InChI is InChI=1S/C17H25N5O2S2.HI/c1-12(2)15-11-25-16(21-15)10-20-17(18-3)19-9-13-7-5-6-8-14(13)22-26(4,23)24;/h5-8,11-12,22H,9-10H2,1-4H3,(H2,18,19,20);1H. The van der Waals surface area contributed by atoms with Gasteiger partial charge in [-0.1, -0.05) is 32.0 Å². The monoisotopic (exact) mass is 523 g/mol. The van der Waals surface area contributed by atoms with Gasteiger partial charge in [0.1, 0.15) is 5.01 Å². The number of rotatable bonds is 7. The zero-order chi connectivity index (χ0) is 19.2. The van der Waals surface area contributed by atoms with Gasteiger partial charge in [-0.2, -0.15) is 0 Å². The molecule has 0 spiro atoms. The van der Waals surface area contributed by atoms with Crippen LogP contribution in [0.2, 0.25) is 0 Å². The third kappa shape index (κ3) is 8.01. The third-order valence-corrected chi connectivity index (χ3v) is 5.01. The molecule has 10 heteroatoms. The first-order chi connectivity index (χ1) is 12.3. The quantitative estimate of drug-likeness (QED) is 0.295. The van der Waals surface area contributed by atoms with Crippen molar-refractivity contribution in [1.82, 2.24) is 15.6 Å². The topological polar surface area (TPSA) is 95.5 Å². The number of aromatic nitrogens is 1. The van der Waals surface area contributed by atoms with Crippen molar-refractivity contribution in [3.05, 3.63) is 45.9 Å². The summed E-state index contributed by atoms with van der Waals surface area (Å²) in [5, 5.41) is 9.49. The van der Waals surface area contributed by atoms with E-state index in [2.05, 4.69) is 44.6 Å². The van der Waals surface area contributed by atoms with Crippen molar-refractivity contribution in [2.24, 2.45) is 4.99 Å². The van der Waals surface area contributed by atoms with Crippen molar-refractivity contribution in [2.45, 2.75) is 32.9 Å². The highest BCUT2D eigenvalue weighted by atomic mass is 127. The maximum atomic E-state index is 11.5. The Balaban J connectivity index is 0.00000364. The molecule has 2 aromatic rings. The van der Waals surface area contributed by atoms with Crippen molar-refractivity contribution in [2.75, 3.05) is 18.0 Å². The van der Waals surface area contributed by atoms with Crippen LogP contribution in [-0.2, 0) is 23.1 Å². The molecule has 2 rings (SSSR count). The Labute approximate surface area is 182 Å². The minimum Gasteiger partial charge on any atom is -0.352 e. The molecule has 1 heterocycles. The van der Waals surface area contributed by atoms with Crippen molar-refractivity contribution in [1.29, 1.82) is 0 Å². The van der Waals surface area contributed by atoms with E-state index < -0.39 is 10.0 Å². The largest absolute Gasteiger partial charge is 0.352 e. The molecule has 0 saturated heterocycles. The molecule has 3 N–H and O–H groups in total. The van der Waals surface area contributed by atoms with Gasteiger partial charge in [0, 0.05) is 19.0 Å². The van der Waals surface area contributed by atoms with Crippen molar-refractivity contribution >= 4 is 57.0 Å². The fourth-order valence-corrected chi connectivity index (χ4v) is 3.70. The molecule has 0 unspecified atom stereocenters. The van der Waals surface area contributed by atoms with E-state index in [-0.39, 0.29) is 24.0 Å². The molecule has 0 amide bonds. The number of sulfonamides is 1. The second kappa shape index (κ2) is 10.8. The van der Waals surface area contributed by atoms with Gasteiger partial charge < -0.3 is 10.6 Å².